The number of rotatable bonds is 4. The fourth-order valence-electron chi connectivity index (χ4n) is 3.91. The summed E-state index contributed by atoms with van der Waals surface area (Å²) in [6.07, 6.45) is 7.12. The van der Waals surface area contributed by atoms with Crippen molar-refractivity contribution in [3.05, 3.63) is 51.9 Å². The van der Waals surface area contributed by atoms with Crippen molar-refractivity contribution in [2.24, 2.45) is 0 Å². The first kappa shape index (κ1) is 16.0. The Balaban J connectivity index is 1.60. The minimum absolute atomic E-state index is 0.0957. The summed E-state index contributed by atoms with van der Waals surface area (Å²) in [4.78, 5) is 8.94. The number of nitrogens with zero attached hydrogens (tertiary/aromatic N) is 2. The SMILES string of the molecule is Brc1cccc(C2(CNc3ncnc4c3CCC4)CCOCC2)c1. The van der Waals surface area contributed by atoms with Gasteiger partial charge in [-0.15, -0.1) is 0 Å². The molecule has 0 spiro atoms. The van der Waals surface area contributed by atoms with E-state index in [-0.39, 0.29) is 5.41 Å². The Morgan fingerprint density at radius 3 is 2.88 bits per heavy atom. The van der Waals surface area contributed by atoms with E-state index in [0.717, 1.165) is 55.7 Å². The van der Waals surface area contributed by atoms with Crippen molar-refractivity contribution in [2.45, 2.75) is 37.5 Å². The Bertz CT molecular complexity index is 728. The number of aryl methyl sites for hydroxylation is 1. The first-order valence-corrected chi connectivity index (χ1v) is 9.47. The van der Waals surface area contributed by atoms with Gasteiger partial charge < -0.3 is 10.1 Å². The average molecular weight is 388 g/mol. The molecule has 0 atom stereocenters. The second-order valence-electron chi connectivity index (χ2n) is 6.76. The molecule has 4 rings (SSSR count). The number of anilines is 1. The van der Waals surface area contributed by atoms with Crippen LogP contribution in [0.2, 0.25) is 0 Å². The highest BCUT2D eigenvalue weighted by Gasteiger charge is 2.35. The Labute approximate surface area is 151 Å². The lowest BCUT2D eigenvalue weighted by Crippen LogP contribution is -2.40. The Hall–Kier alpha value is -1.46. The van der Waals surface area contributed by atoms with Crippen molar-refractivity contribution in [1.29, 1.82) is 0 Å². The molecule has 0 saturated carbocycles. The first-order valence-electron chi connectivity index (χ1n) is 8.67. The van der Waals surface area contributed by atoms with Crippen molar-refractivity contribution in [3.63, 3.8) is 0 Å². The summed E-state index contributed by atoms with van der Waals surface area (Å²) >= 11 is 3.62. The second-order valence-corrected chi connectivity index (χ2v) is 7.67. The minimum Gasteiger partial charge on any atom is -0.381 e. The van der Waals surface area contributed by atoms with Gasteiger partial charge in [-0.25, -0.2) is 9.97 Å². The largest absolute Gasteiger partial charge is 0.381 e. The highest BCUT2D eigenvalue weighted by Crippen LogP contribution is 2.37. The van der Waals surface area contributed by atoms with Crippen LogP contribution in [0, 0.1) is 0 Å². The third kappa shape index (κ3) is 3.07. The Morgan fingerprint density at radius 2 is 2.04 bits per heavy atom. The number of halogens is 1. The summed E-state index contributed by atoms with van der Waals surface area (Å²) < 4.78 is 6.77. The number of aromatic nitrogens is 2. The van der Waals surface area contributed by atoms with Crippen LogP contribution in [0.15, 0.2) is 35.1 Å². The topological polar surface area (TPSA) is 47.0 Å². The third-order valence-electron chi connectivity index (χ3n) is 5.36. The molecule has 1 fully saturated rings. The van der Waals surface area contributed by atoms with Gasteiger partial charge >= 0.3 is 0 Å². The second kappa shape index (κ2) is 6.81. The van der Waals surface area contributed by atoms with Gasteiger partial charge in [0.1, 0.15) is 12.1 Å². The molecule has 126 valence electrons. The molecule has 5 heteroatoms. The van der Waals surface area contributed by atoms with Crippen LogP contribution >= 0.6 is 15.9 Å². The summed E-state index contributed by atoms with van der Waals surface area (Å²) in [5.41, 5.74) is 4.00. The molecular formula is C19H22BrN3O. The highest BCUT2D eigenvalue weighted by molar-refractivity contribution is 9.10. The van der Waals surface area contributed by atoms with Gasteiger partial charge in [-0.1, -0.05) is 28.1 Å². The van der Waals surface area contributed by atoms with Gasteiger partial charge in [0, 0.05) is 40.9 Å². The van der Waals surface area contributed by atoms with E-state index >= 15 is 0 Å². The third-order valence-corrected chi connectivity index (χ3v) is 5.85. The molecule has 4 nitrogen and oxygen atoms in total. The summed E-state index contributed by atoms with van der Waals surface area (Å²) in [7, 11) is 0. The van der Waals surface area contributed by atoms with E-state index in [1.54, 1.807) is 6.33 Å². The summed E-state index contributed by atoms with van der Waals surface area (Å²) in [6.45, 7) is 2.52. The van der Waals surface area contributed by atoms with Crippen LogP contribution in [0.5, 0.6) is 0 Å². The van der Waals surface area contributed by atoms with E-state index in [1.807, 2.05) is 0 Å². The van der Waals surface area contributed by atoms with Gasteiger partial charge in [0.2, 0.25) is 0 Å². The Kier molecular flexibility index (Phi) is 4.55. The molecule has 2 heterocycles. The minimum atomic E-state index is 0.0957. The van der Waals surface area contributed by atoms with Crippen molar-refractivity contribution < 1.29 is 4.74 Å². The normalized spacial score (nSPS) is 19.0. The fourth-order valence-corrected chi connectivity index (χ4v) is 4.31. The summed E-state index contributed by atoms with van der Waals surface area (Å²) in [5, 5.41) is 3.65. The zero-order valence-corrected chi connectivity index (χ0v) is 15.3. The molecule has 2 aliphatic rings. The lowest BCUT2D eigenvalue weighted by atomic mass is 9.74. The quantitative estimate of drug-likeness (QED) is 0.864. The number of fused-ring (bicyclic) bond motifs is 1. The maximum atomic E-state index is 5.64. The zero-order valence-electron chi connectivity index (χ0n) is 13.7. The van der Waals surface area contributed by atoms with E-state index < -0.39 is 0 Å². The highest BCUT2D eigenvalue weighted by atomic mass is 79.9. The van der Waals surface area contributed by atoms with Gasteiger partial charge in [0.15, 0.2) is 0 Å². The maximum absolute atomic E-state index is 5.64. The number of nitrogens with one attached hydrogen (secondary N) is 1. The zero-order chi connectivity index (χ0) is 16.4. The van der Waals surface area contributed by atoms with Gasteiger partial charge in [-0.3, -0.25) is 0 Å². The maximum Gasteiger partial charge on any atom is 0.132 e. The fraction of sp³-hybridized carbons (Fsp3) is 0.474. The predicted molar refractivity (Wildman–Crippen MR) is 98.4 cm³/mol. The average Bonchev–Trinajstić information content (AvgIpc) is 3.10. The lowest BCUT2D eigenvalue weighted by molar-refractivity contribution is 0.0543. The Morgan fingerprint density at radius 1 is 1.17 bits per heavy atom. The molecule has 0 unspecified atom stereocenters. The van der Waals surface area contributed by atoms with E-state index in [0.29, 0.717) is 0 Å². The molecule has 1 N–H and O–H groups in total. The molecule has 1 aliphatic heterocycles. The summed E-state index contributed by atoms with van der Waals surface area (Å²) in [5.74, 6) is 1.03. The molecule has 1 saturated heterocycles. The van der Waals surface area contributed by atoms with Crippen LogP contribution in [-0.2, 0) is 23.0 Å². The molecule has 0 radical (unpaired) electrons. The monoisotopic (exact) mass is 387 g/mol. The molecule has 2 aromatic rings. The van der Waals surface area contributed by atoms with Crippen LogP contribution in [0.25, 0.3) is 0 Å². The van der Waals surface area contributed by atoms with Gasteiger partial charge in [-0.05, 0) is 49.8 Å². The number of hydrogen-bond donors (Lipinski definition) is 1. The van der Waals surface area contributed by atoms with E-state index in [4.69, 9.17) is 4.74 Å². The molecule has 0 bridgehead atoms. The molecule has 1 aliphatic carbocycles. The predicted octanol–water partition coefficient (Wildman–Crippen LogP) is 3.89. The lowest BCUT2D eigenvalue weighted by Gasteiger charge is -2.38. The van der Waals surface area contributed by atoms with Gasteiger partial charge in [0.25, 0.3) is 0 Å². The number of ether oxygens (including phenoxy) is 1. The standard InChI is InChI=1S/C19H22BrN3O/c20-15-4-1-3-14(11-15)19(7-9-24-10-8-19)12-21-18-16-5-2-6-17(16)22-13-23-18/h1,3-4,11,13H,2,5-10,12H2,(H,21,22,23). The number of hydrogen-bond acceptors (Lipinski definition) is 4. The molecule has 1 aromatic carbocycles. The van der Waals surface area contributed by atoms with Gasteiger partial charge in [0.05, 0.1) is 0 Å². The van der Waals surface area contributed by atoms with E-state index in [1.165, 1.54) is 23.2 Å². The molecular weight excluding hydrogens is 366 g/mol. The van der Waals surface area contributed by atoms with Crippen LogP contribution in [0.4, 0.5) is 5.82 Å². The van der Waals surface area contributed by atoms with Crippen LogP contribution in [0.1, 0.15) is 36.1 Å². The van der Waals surface area contributed by atoms with Crippen LogP contribution in [0.3, 0.4) is 0 Å². The van der Waals surface area contributed by atoms with Crippen molar-refractivity contribution >= 4 is 21.7 Å². The van der Waals surface area contributed by atoms with E-state index in [9.17, 15) is 0 Å². The molecule has 0 amide bonds. The molecule has 24 heavy (non-hydrogen) atoms. The van der Waals surface area contributed by atoms with Crippen LogP contribution in [-0.4, -0.2) is 29.7 Å². The van der Waals surface area contributed by atoms with Crippen molar-refractivity contribution in [1.82, 2.24) is 9.97 Å². The molecule has 1 aromatic heterocycles. The van der Waals surface area contributed by atoms with Crippen molar-refractivity contribution in [2.75, 3.05) is 25.1 Å². The first-order chi connectivity index (χ1) is 11.8. The van der Waals surface area contributed by atoms with Crippen molar-refractivity contribution in [3.8, 4) is 0 Å². The van der Waals surface area contributed by atoms with Crippen LogP contribution < -0.4 is 5.32 Å². The van der Waals surface area contributed by atoms with Gasteiger partial charge in [-0.2, -0.15) is 0 Å². The van der Waals surface area contributed by atoms with E-state index in [2.05, 4.69) is 55.5 Å². The number of benzene rings is 1. The summed E-state index contributed by atoms with van der Waals surface area (Å²) in [6, 6.07) is 8.69. The smallest absolute Gasteiger partial charge is 0.132 e.